The standard InChI is InChI=1S/C11H8Cl2N4O/c1-14-11(18)7-5-15-3-2-6(7)10-8(12)4-9(13)16-17-10/h2-5H,1H3,(H,14,18)/i1D3. The fraction of sp³-hybridized carbons (Fsp3) is 0.0909. The van der Waals surface area contributed by atoms with Gasteiger partial charge in [0.05, 0.1) is 10.6 Å². The van der Waals surface area contributed by atoms with Gasteiger partial charge >= 0.3 is 0 Å². The van der Waals surface area contributed by atoms with E-state index in [1.165, 1.54) is 24.5 Å². The fourth-order valence-electron chi connectivity index (χ4n) is 1.38. The van der Waals surface area contributed by atoms with Crippen LogP contribution in [0.5, 0.6) is 0 Å². The van der Waals surface area contributed by atoms with Crippen molar-refractivity contribution >= 4 is 29.1 Å². The Hall–Kier alpha value is -1.72. The highest BCUT2D eigenvalue weighted by molar-refractivity contribution is 6.35. The zero-order valence-corrected chi connectivity index (χ0v) is 10.3. The molecule has 2 heterocycles. The van der Waals surface area contributed by atoms with Gasteiger partial charge in [-0.25, -0.2) is 0 Å². The molecule has 0 atom stereocenters. The van der Waals surface area contributed by atoms with Crippen molar-refractivity contribution in [3.8, 4) is 11.3 Å². The molecule has 0 unspecified atom stereocenters. The summed E-state index contributed by atoms with van der Waals surface area (Å²) in [6, 6.07) is 2.86. The highest BCUT2D eigenvalue weighted by Gasteiger charge is 2.15. The molecule has 0 aliphatic carbocycles. The molecule has 0 fully saturated rings. The van der Waals surface area contributed by atoms with Crippen LogP contribution in [0.4, 0.5) is 0 Å². The Balaban J connectivity index is 2.48. The van der Waals surface area contributed by atoms with E-state index in [0.717, 1.165) is 0 Å². The summed E-state index contributed by atoms with van der Waals surface area (Å²) in [5.74, 6) is -0.814. The first-order valence-electron chi connectivity index (χ1n) is 6.23. The molecule has 0 aliphatic rings. The van der Waals surface area contributed by atoms with Crippen LogP contribution in [0, 0.1) is 0 Å². The topological polar surface area (TPSA) is 67.8 Å². The summed E-state index contributed by atoms with van der Waals surface area (Å²) in [5.41, 5.74) is 0.534. The van der Waals surface area contributed by atoms with Crippen LogP contribution in [-0.4, -0.2) is 28.1 Å². The number of hydrogen-bond acceptors (Lipinski definition) is 4. The van der Waals surface area contributed by atoms with E-state index >= 15 is 0 Å². The third-order valence-electron chi connectivity index (χ3n) is 2.15. The summed E-state index contributed by atoms with van der Waals surface area (Å²) in [5, 5.41) is 9.65. The molecule has 0 saturated heterocycles. The molecule has 7 heteroatoms. The van der Waals surface area contributed by atoms with Crippen LogP contribution in [-0.2, 0) is 0 Å². The first kappa shape index (κ1) is 9.24. The van der Waals surface area contributed by atoms with Gasteiger partial charge in [-0.15, -0.1) is 10.2 Å². The molecule has 2 aromatic heterocycles. The monoisotopic (exact) mass is 285 g/mol. The summed E-state index contributed by atoms with van der Waals surface area (Å²) in [7, 11) is 0. The number of pyridine rings is 1. The Morgan fingerprint density at radius 1 is 1.44 bits per heavy atom. The van der Waals surface area contributed by atoms with Gasteiger partial charge in [-0.1, -0.05) is 23.2 Å². The van der Waals surface area contributed by atoms with E-state index in [9.17, 15) is 4.79 Å². The normalized spacial score (nSPS) is 13.3. The lowest BCUT2D eigenvalue weighted by molar-refractivity contribution is 0.0963. The van der Waals surface area contributed by atoms with E-state index in [2.05, 4.69) is 15.2 Å². The average molecular weight is 286 g/mol. The molecule has 1 N–H and O–H groups in total. The largest absolute Gasteiger partial charge is 0.355 e. The maximum absolute atomic E-state index is 12.0. The first-order chi connectivity index (χ1) is 9.78. The number of amides is 1. The Labute approximate surface area is 117 Å². The van der Waals surface area contributed by atoms with E-state index in [0.29, 0.717) is 5.56 Å². The van der Waals surface area contributed by atoms with Crippen LogP contribution in [0.25, 0.3) is 11.3 Å². The van der Waals surface area contributed by atoms with Crippen molar-refractivity contribution in [3.63, 3.8) is 0 Å². The van der Waals surface area contributed by atoms with Gasteiger partial charge in [0.15, 0.2) is 5.15 Å². The smallest absolute Gasteiger partial charge is 0.253 e. The number of aromatic nitrogens is 3. The highest BCUT2D eigenvalue weighted by atomic mass is 35.5. The minimum absolute atomic E-state index is 0.0205. The maximum Gasteiger partial charge on any atom is 0.253 e. The molecular formula is C11H8Cl2N4O. The minimum atomic E-state index is -2.61. The van der Waals surface area contributed by atoms with Crippen LogP contribution in [0.2, 0.25) is 10.2 Å². The Kier molecular flexibility index (Phi) is 2.71. The zero-order valence-electron chi connectivity index (χ0n) is 11.8. The van der Waals surface area contributed by atoms with Crippen LogP contribution >= 0.6 is 23.2 Å². The van der Waals surface area contributed by atoms with E-state index in [4.69, 9.17) is 27.3 Å². The van der Waals surface area contributed by atoms with Crippen molar-refractivity contribution < 1.29 is 8.91 Å². The van der Waals surface area contributed by atoms with Crippen molar-refractivity contribution in [2.24, 2.45) is 0 Å². The van der Waals surface area contributed by atoms with Crippen LogP contribution in [0.15, 0.2) is 24.5 Å². The van der Waals surface area contributed by atoms with Gasteiger partial charge in [0, 0.05) is 29.0 Å². The van der Waals surface area contributed by atoms with E-state index in [1.807, 2.05) is 5.32 Å². The average Bonchev–Trinajstić information content (AvgIpc) is 2.37. The Morgan fingerprint density at radius 3 is 3.00 bits per heavy atom. The first-order valence-corrected chi connectivity index (χ1v) is 5.49. The van der Waals surface area contributed by atoms with Gasteiger partial charge in [0.2, 0.25) is 0 Å². The number of nitrogens with one attached hydrogen (secondary N) is 1. The molecule has 5 nitrogen and oxygen atoms in total. The van der Waals surface area contributed by atoms with Crippen molar-refractivity contribution in [3.05, 3.63) is 40.3 Å². The van der Waals surface area contributed by atoms with Crippen LogP contribution in [0.3, 0.4) is 0 Å². The molecular weight excluding hydrogens is 275 g/mol. The number of halogens is 2. The molecule has 0 aliphatic heterocycles. The SMILES string of the molecule is [2H]C([2H])([2H])NC(=O)c1cnccc1-c1nnc(Cl)cc1Cl. The predicted molar refractivity (Wildman–Crippen MR) is 68.7 cm³/mol. The maximum atomic E-state index is 12.0. The summed E-state index contributed by atoms with van der Waals surface area (Å²) in [6.07, 6.45) is 2.65. The third kappa shape index (κ3) is 2.42. The lowest BCUT2D eigenvalue weighted by atomic mass is 10.1. The Morgan fingerprint density at radius 2 is 2.28 bits per heavy atom. The molecule has 1 amide bonds. The molecule has 2 aromatic rings. The van der Waals surface area contributed by atoms with Crippen molar-refractivity contribution in [1.82, 2.24) is 20.5 Å². The molecule has 0 saturated carbocycles. The number of nitrogens with zero attached hydrogens (tertiary/aromatic N) is 3. The molecule has 2 rings (SSSR count). The number of rotatable bonds is 2. The van der Waals surface area contributed by atoms with Gasteiger partial charge in [0.25, 0.3) is 5.91 Å². The highest BCUT2D eigenvalue weighted by Crippen LogP contribution is 2.28. The lowest BCUT2D eigenvalue weighted by Crippen LogP contribution is -2.19. The predicted octanol–water partition coefficient (Wildman–Crippen LogP) is 2.21. The molecule has 0 radical (unpaired) electrons. The second kappa shape index (κ2) is 5.29. The second-order valence-electron chi connectivity index (χ2n) is 3.24. The van der Waals surface area contributed by atoms with E-state index in [1.54, 1.807) is 0 Å². The minimum Gasteiger partial charge on any atom is -0.355 e. The summed E-state index contributed by atoms with van der Waals surface area (Å²) in [6.45, 7) is -2.61. The van der Waals surface area contributed by atoms with Gasteiger partial charge in [-0.05, 0) is 12.1 Å². The molecule has 0 bridgehead atoms. The lowest BCUT2D eigenvalue weighted by Gasteiger charge is -2.07. The molecule has 0 aromatic carbocycles. The number of hydrogen-bond donors (Lipinski definition) is 1. The fourth-order valence-corrected chi connectivity index (χ4v) is 1.82. The van der Waals surface area contributed by atoms with E-state index in [-0.39, 0.29) is 21.4 Å². The second-order valence-corrected chi connectivity index (χ2v) is 4.03. The van der Waals surface area contributed by atoms with Gasteiger partial charge in [-0.3, -0.25) is 9.78 Å². The summed E-state index contributed by atoms with van der Waals surface area (Å²) in [4.78, 5) is 15.8. The van der Waals surface area contributed by atoms with Gasteiger partial charge in [0.1, 0.15) is 5.69 Å². The summed E-state index contributed by atoms with van der Waals surface area (Å²) >= 11 is 11.7. The molecule has 0 spiro atoms. The van der Waals surface area contributed by atoms with Crippen molar-refractivity contribution in [1.29, 1.82) is 0 Å². The third-order valence-corrected chi connectivity index (χ3v) is 2.62. The van der Waals surface area contributed by atoms with Crippen molar-refractivity contribution in [2.45, 2.75) is 0 Å². The Bertz CT molecular complexity index is 693. The quantitative estimate of drug-likeness (QED) is 0.919. The van der Waals surface area contributed by atoms with Gasteiger partial charge in [-0.2, -0.15) is 0 Å². The van der Waals surface area contributed by atoms with Crippen LogP contribution in [0.1, 0.15) is 14.5 Å². The van der Waals surface area contributed by atoms with Gasteiger partial charge < -0.3 is 5.32 Å². The molecule has 18 heavy (non-hydrogen) atoms. The zero-order chi connectivity index (χ0) is 15.6. The van der Waals surface area contributed by atoms with E-state index < -0.39 is 12.9 Å². The van der Waals surface area contributed by atoms with Crippen LogP contribution < -0.4 is 5.32 Å². The number of carbonyl (C=O) groups is 1. The summed E-state index contributed by atoms with van der Waals surface area (Å²) < 4.78 is 21.2. The van der Waals surface area contributed by atoms with Crippen molar-refractivity contribution in [2.75, 3.05) is 6.98 Å². The molecule has 92 valence electrons. The number of carbonyl (C=O) groups excluding carboxylic acids is 1.